The molecule has 0 aliphatic carbocycles. The Morgan fingerprint density at radius 3 is 2.94 bits per heavy atom. The van der Waals surface area contributed by atoms with Gasteiger partial charge < -0.3 is 4.90 Å². The molecule has 1 saturated heterocycles. The van der Waals surface area contributed by atoms with Gasteiger partial charge in [0.2, 0.25) is 5.91 Å². The van der Waals surface area contributed by atoms with Crippen LogP contribution in [-0.4, -0.2) is 43.4 Å². The molecule has 8 heteroatoms. The Hall–Kier alpha value is -2.45. The third-order valence-corrected chi connectivity index (χ3v) is 7.49. The van der Waals surface area contributed by atoms with Gasteiger partial charge in [-0.2, -0.15) is 0 Å². The van der Waals surface area contributed by atoms with Crippen molar-refractivity contribution < 1.29 is 4.79 Å². The molecule has 1 amide bonds. The minimum atomic E-state index is -0.0225. The first-order valence-corrected chi connectivity index (χ1v) is 12.1. The molecule has 164 valence electrons. The zero-order chi connectivity index (χ0) is 21.5. The van der Waals surface area contributed by atoms with E-state index in [1.807, 2.05) is 17.9 Å². The Morgan fingerprint density at radius 2 is 2.16 bits per heavy atom. The van der Waals surface area contributed by atoms with Gasteiger partial charge in [0.05, 0.1) is 24.0 Å². The van der Waals surface area contributed by atoms with Crippen LogP contribution in [0.2, 0.25) is 0 Å². The third kappa shape index (κ3) is 3.83. The number of likely N-dealkylation sites (tertiary alicyclic amines) is 1. The molecule has 2 aliphatic heterocycles. The highest BCUT2D eigenvalue weighted by molar-refractivity contribution is 7.10. The van der Waals surface area contributed by atoms with Crippen molar-refractivity contribution in [1.29, 1.82) is 0 Å². The van der Waals surface area contributed by atoms with Gasteiger partial charge in [-0.3, -0.25) is 19.6 Å². The predicted octanol–water partition coefficient (Wildman–Crippen LogP) is 3.41. The number of hydrogen-bond donors (Lipinski definition) is 1. The smallest absolute Gasteiger partial charge is 0.276 e. The van der Waals surface area contributed by atoms with Crippen LogP contribution in [0.1, 0.15) is 66.0 Å². The van der Waals surface area contributed by atoms with Gasteiger partial charge in [0, 0.05) is 36.0 Å². The zero-order valence-corrected chi connectivity index (χ0v) is 19.0. The number of rotatable bonds is 4. The number of carbonyl (C=O) groups is 1. The Balaban J connectivity index is 1.47. The van der Waals surface area contributed by atoms with E-state index in [2.05, 4.69) is 28.4 Å². The molecule has 31 heavy (non-hydrogen) atoms. The number of aromatic nitrogens is 3. The molecular weight excluding hydrogens is 410 g/mol. The maximum Gasteiger partial charge on any atom is 0.276 e. The van der Waals surface area contributed by atoms with E-state index in [0.717, 1.165) is 36.5 Å². The fraction of sp³-hybridized carbons (Fsp3) is 0.522. The van der Waals surface area contributed by atoms with E-state index in [0.29, 0.717) is 31.6 Å². The first-order valence-electron chi connectivity index (χ1n) is 11.2. The lowest BCUT2D eigenvalue weighted by molar-refractivity contribution is -0.131. The van der Waals surface area contributed by atoms with E-state index in [1.165, 1.54) is 23.3 Å². The van der Waals surface area contributed by atoms with Crippen molar-refractivity contribution in [1.82, 2.24) is 24.4 Å². The molecule has 1 N–H and O–H groups in total. The van der Waals surface area contributed by atoms with Crippen LogP contribution in [0.3, 0.4) is 0 Å². The molecule has 5 rings (SSSR count). The quantitative estimate of drug-likeness (QED) is 0.676. The van der Waals surface area contributed by atoms with Gasteiger partial charge >= 0.3 is 0 Å². The van der Waals surface area contributed by atoms with Crippen molar-refractivity contribution in [3.63, 3.8) is 0 Å². The molecule has 1 unspecified atom stereocenters. The summed E-state index contributed by atoms with van der Waals surface area (Å²) in [5, 5.41) is 5.62. The van der Waals surface area contributed by atoms with Crippen LogP contribution >= 0.6 is 11.3 Å². The van der Waals surface area contributed by atoms with Gasteiger partial charge in [-0.05, 0) is 49.7 Å². The van der Waals surface area contributed by atoms with Crippen LogP contribution < -0.4 is 5.56 Å². The van der Waals surface area contributed by atoms with Crippen molar-refractivity contribution >= 4 is 22.9 Å². The highest BCUT2D eigenvalue weighted by Gasteiger charge is 2.28. The maximum absolute atomic E-state index is 13.2. The van der Waals surface area contributed by atoms with Crippen LogP contribution in [-0.2, 0) is 24.3 Å². The Labute approximate surface area is 185 Å². The van der Waals surface area contributed by atoms with Crippen molar-refractivity contribution in [2.45, 2.75) is 65.1 Å². The second-order valence-corrected chi connectivity index (χ2v) is 9.83. The van der Waals surface area contributed by atoms with Crippen molar-refractivity contribution in [2.75, 3.05) is 13.1 Å². The number of fused-ring (bicyclic) bond motifs is 2. The Bertz CT molecular complexity index is 1180. The summed E-state index contributed by atoms with van der Waals surface area (Å²) >= 11 is 1.80. The number of piperidine rings is 1. The molecule has 0 saturated carbocycles. The van der Waals surface area contributed by atoms with E-state index in [-0.39, 0.29) is 17.5 Å². The number of carbonyl (C=O) groups excluding carboxylic acids is 1. The normalized spacial score (nSPS) is 19.7. The van der Waals surface area contributed by atoms with E-state index >= 15 is 0 Å². The average Bonchev–Trinajstić information content (AvgIpc) is 3.39. The van der Waals surface area contributed by atoms with Crippen molar-refractivity contribution in [3.05, 3.63) is 55.3 Å². The van der Waals surface area contributed by atoms with Gasteiger partial charge in [-0.15, -0.1) is 11.3 Å². The van der Waals surface area contributed by atoms with Gasteiger partial charge in [0.25, 0.3) is 5.56 Å². The topological polar surface area (TPSA) is 73.7 Å². The number of amides is 1. The number of thiophene rings is 1. The first kappa shape index (κ1) is 20.5. The second-order valence-electron chi connectivity index (χ2n) is 8.71. The lowest BCUT2D eigenvalue weighted by atomic mass is 9.99. The SMILES string of the molecule is CCC(=O)N1CCc2c(nc3cc(C4CCCCN4Cc4csc(C)c4)[nH]n3c2=O)C1. The molecule has 1 fully saturated rings. The monoisotopic (exact) mass is 439 g/mol. The number of aromatic amines is 1. The van der Waals surface area contributed by atoms with Crippen LogP contribution in [0.4, 0.5) is 0 Å². The molecule has 3 aromatic heterocycles. The molecule has 0 aromatic carbocycles. The summed E-state index contributed by atoms with van der Waals surface area (Å²) in [5.74, 6) is 0.115. The largest absolute Gasteiger partial charge is 0.336 e. The Morgan fingerprint density at radius 1 is 1.29 bits per heavy atom. The van der Waals surface area contributed by atoms with Gasteiger partial charge in [0.1, 0.15) is 0 Å². The fourth-order valence-corrected chi connectivity index (χ4v) is 5.67. The number of aryl methyl sites for hydroxylation is 1. The summed E-state index contributed by atoms with van der Waals surface area (Å²) < 4.78 is 1.60. The van der Waals surface area contributed by atoms with Crippen LogP contribution in [0.25, 0.3) is 5.65 Å². The lowest BCUT2D eigenvalue weighted by Gasteiger charge is -2.34. The highest BCUT2D eigenvalue weighted by Crippen LogP contribution is 2.32. The van der Waals surface area contributed by atoms with Gasteiger partial charge in [-0.1, -0.05) is 13.3 Å². The average molecular weight is 440 g/mol. The molecule has 2 aliphatic rings. The third-order valence-electron chi connectivity index (χ3n) is 6.58. The summed E-state index contributed by atoms with van der Waals surface area (Å²) in [7, 11) is 0. The van der Waals surface area contributed by atoms with E-state index in [9.17, 15) is 9.59 Å². The molecule has 0 radical (unpaired) electrons. The molecule has 0 spiro atoms. The molecular formula is C23H29N5O2S. The van der Waals surface area contributed by atoms with E-state index < -0.39 is 0 Å². The fourth-order valence-electron chi connectivity index (χ4n) is 4.97. The van der Waals surface area contributed by atoms with E-state index in [4.69, 9.17) is 4.98 Å². The maximum atomic E-state index is 13.2. The minimum Gasteiger partial charge on any atom is -0.336 e. The van der Waals surface area contributed by atoms with Crippen LogP contribution in [0.15, 0.2) is 22.3 Å². The minimum absolute atomic E-state index is 0.0225. The van der Waals surface area contributed by atoms with E-state index in [1.54, 1.807) is 15.9 Å². The number of hydrogen-bond acceptors (Lipinski definition) is 5. The number of nitrogens with one attached hydrogen (secondary N) is 1. The van der Waals surface area contributed by atoms with Gasteiger partial charge in [0.15, 0.2) is 5.65 Å². The molecule has 3 aromatic rings. The summed E-state index contributed by atoms with van der Waals surface area (Å²) in [5.41, 5.74) is 4.53. The lowest BCUT2D eigenvalue weighted by Crippen LogP contribution is -2.39. The predicted molar refractivity (Wildman–Crippen MR) is 121 cm³/mol. The summed E-state index contributed by atoms with van der Waals surface area (Å²) in [4.78, 5) is 35.8. The molecule has 0 bridgehead atoms. The Kier molecular flexibility index (Phi) is 5.44. The van der Waals surface area contributed by atoms with Gasteiger partial charge in [-0.25, -0.2) is 9.50 Å². The zero-order valence-electron chi connectivity index (χ0n) is 18.2. The van der Waals surface area contributed by atoms with Crippen LogP contribution in [0.5, 0.6) is 0 Å². The summed E-state index contributed by atoms with van der Waals surface area (Å²) in [6.45, 7) is 7.02. The standard InChI is InChI=1S/C23H29N5O2S/c1-3-22(29)27-9-7-17-19(13-27)24-21-11-18(25-28(21)23(17)30)20-6-4-5-8-26(20)12-16-10-15(2)31-14-16/h10-11,14,20,25H,3-9,12-13H2,1-2H3. The number of nitrogens with zero attached hydrogens (tertiary/aromatic N) is 4. The molecule has 1 atom stereocenters. The van der Waals surface area contributed by atoms with Crippen molar-refractivity contribution in [3.8, 4) is 0 Å². The second kappa shape index (κ2) is 8.24. The number of H-pyrrole nitrogens is 1. The van der Waals surface area contributed by atoms with Crippen LogP contribution in [0, 0.1) is 6.92 Å². The molecule has 5 heterocycles. The molecule has 7 nitrogen and oxygen atoms in total. The highest BCUT2D eigenvalue weighted by atomic mass is 32.1. The van der Waals surface area contributed by atoms with Crippen molar-refractivity contribution in [2.24, 2.45) is 0 Å². The summed E-state index contributed by atoms with van der Waals surface area (Å²) in [6.07, 6.45) is 4.51. The first-order chi connectivity index (χ1) is 15.0. The summed E-state index contributed by atoms with van der Waals surface area (Å²) in [6, 6.07) is 4.56.